The van der Waals surface area contributed by atoms with Crippen LogP contribution >= 0.6 is 11.8 Å². The second-order valence-electron chi connectivity index (χ2n) is 5.07. The number of aryl methyl sites for hydroxylation is 2. The van der Waals surface area contributed by atoms with Crippen LogP contribution in [-0.4, -0.2) is 19.1 Å². The molecular formula is C15H19N5S. The first-order valence-corrected chi connectivity index (χ1v) is 8.01. The summed E-state index contributed by atoms with van der Waals surface area (Å²) in [7, 11) is 2.04. The van der Waals surface area contributed by atoms with Gasteiger partial charge in [-0.2, -0.15) is 0 Å². The fourth-order valence-corrected chi connectivity index (χ4v) is 3.35. The summed E-state index contributed by atoms with van der Waals surface area (Å²) in [5, 5.41) is 1.000. The highest BCUT2D eigenvalue weighted by atomic mass is 32.2. The molecule has 3 aromatic rings. The number of nitrogens with two attached hydrogens (primary N) is 1. The minimum absolute atomic E-state index is 0.748. The first kappa shape index (κ1) is 14.0. The zero-order chi connectivity index (χ0) is 14.8. The van der Waals surface area contributed by atoms with Gasteiger partial charge in [0.1, 0.15) is 0 Å². The first-order valence-electron chi connectivity index (χ1n) is 7.02. The van der Waals surface area contributed by atoms with Gasteiger partial charge in [-0.1, -0.05) is 18.7 Å². The summed E-state index contributed by atoms with van der Waals surface area (Å²) < 4.78 is 4.31. The van der Waals surface area contributed by atoms with Gasteiger partial charge in [0.2, 0.25) is 0 Å². The summed E-state index contributed by atoms with van der Waals surface area (Å²) in [4.78, 5) is 8.90. The van der Waals surface area contributed by atoms with Crippen LogP contribution in [0.2, 0.25) is 0 Å². The molecule has 2 aromatic heterocycles. The summed E-state index contributed by atoms with van der Waals surface area (Å²) in [6.07, 6.45) is 4.94. The molecule has 0 fully saturated rings. The summed E-state index contributed by atoms with van der Waals surface area (Å²) in [6, 6.07) is 5.85. The van der Waals surface area contributed by atoms with Gasteiger partial charge in [-0.25, -0.2) is 9.97 Å². The molecular weight excluding hydrogens is 282 g/mol. The van der Waals surface area contributed by atoms with E-state index in [0.29, 0.717) is 0 Å². The smallest absolute Gasteiger partial charge is 0.169 e. The normalized spacial score (nSPS) is 11.3. The van der Waals surface area contributed by atoms with Crippen LogP contribution < -0.4 is 5.73 Å². The van der Waals surface area contributed by atoms with Crippen LogP contribution in [0.4, 0.5) is 5.69 Å². The van der Waals surface area contributed by atoms with Crippen molar-refractivity contribution in [1.29, 1.82) is 0 Å². The number of nitrogens with zero attached hydrogens (tertiary/aromatic N) is 4. The fourth-order valence-electron chi connectivity index (χ4n) is 2.37. The molecule has 0 bridgehead atoms. The Kier molecular flexibility index (Phi) is 3.88. The van der Waals surface area contributed by atoms with Gasteiger partial charge >= 0.3 is 0 Å². The van der Waals surface area contributed by atoms with E-state index in [9.17, 15) is 0 Å². The van der Waals surface area contributed by atoms with Gasteiger partial charge in [-0.15, -0.1) is 0 Å². The van der Waals surface area contributed by atoms with E-state index in [2.05, 4.69) is 26.0 Å². The van der Waals surface area contributed by atoms with Crippen LogP contribution in [0.15, 0.2) is 35.9 Å². The van der Waals surface area contributed by atoms with Gasteiger partial charge in [0.15, 0.2) is 5.16 Å². The van der Waals surface area contributed by atoms with Crippen molar-refractivity contribution in [3.05, 3.63) is 36.4 Å². The number of anilines is 1. The van der Waals surface area contributed by atoms with Gasteiger partial charge in [0.25, 0.3) is 0 Å². The summed E-state index contributed by atoms with van der Waals surface area (Å²) in [5.41, 5.74) is 9.85. The highest BCUT2D eigenvalue weighted by Gasteiger charge is 2.10. The van der Waals surface area contributed by atoms with Gasteiger partial charge in [-0.05, 0) is 24.6 Å². The number of imidazole rings is 2. The first-order chi connectivity index (χ1) is 10.2. The Balaban J connectivity index is 1.82. The summed E-state index contributed by atoms with van der Waals surface area (Å²) >= 11 is 1.73. The van der Waals surface area contributed by atoms with Gasteiger partial charge in [-0.3, -0.25) is 0 Å². The van der Waals surface area contributed by atoms with Crippen molar-refractivity contribution in [3.63, 3.8) is 0 Å². The maximum absolute atomic E-state index is 5.82. The van der Waals surface area contributed by atoms with E-state index in [1.807, 2.05) is 37.8 Å². The monoisotopic (exact) mass is 301 g/mol. The van der Waals surface area contributed by atoms with Crippen molar-refractivity contribution >= 4 is 28.5 Å². The SMILES string of the molecule is CCCn1cncc1CSc1nc2cc(N)ccc2n1C. The maximum atomic E-state index is 5.82. The molecule has 0 unspecified atom stereocenters. The average molecular weight is 301 g/mol. The second kappa shape index (κ2) is 5.81. The molecule has 5 nitrogen and oxygen atoms in total. The third-order valence-electron chi connectivity index (χ3n) is 3.48. The molecule has 2 N–H and O–H groups in total. The van der Waals surface area contributed by atoms with E-state index in [0.717, 1.165) is 40.6 Å². The predicted octanol–water partition coefficient (Wildman–Crippen LogP) is 3.05. The maximum Gasteiger partial charge on any atom is 0.169 e. The third kappa shape index (κ3) is 2.76. The van der Waals surface area contributed by atoms with Crippen LogP contribution in [0, 0.1) is 0 Å². The highest BCUT2D eigenvalue weighted by Crippen LogP contribution is 2.26. The molecule has 0 aliphatic carbocycles. The quantitative estimate of drug-likeness (QED) is 0.581. The van der Waals surface area contributed by atoms with Crippen molar-refractivity contribution in [2.24, 2.45) is 7.05 Å². The average Bonchev–Trinajstić information content (AvgIpc) is 3.02. The van der Waals surface area contributed by atoms with Crippen LogP contribution in [0.1, 0.15) is 19.0 Å². The highest BCUT2D eigenvalue weighted by molar-refractivity contribution is 7.98. The molecule has 3 rings (SSSR count). The molecule has 0 saturated heterocycles. The van der Waals surface area contributed by atoms with Gasteiger partial charge < -0.3 is 14.9 Å². The Bertz CT molecular complexity index is 759. The number of thioether (sulfide) groups is 1. The van der Waals surface area contributed by atoms with E-state index in [1.54, 1.807) is 11.8 Å². The van der Waals surface area contributed by atoms with Crippen LogP contribution in [0.25, 0.3) is 11.0 Å². The summed E-state index contributed by atoms with van der Waals surface area (Å²) in [5.74, 6) is 0.868. The molecule has 0 saturated carbocycles. The van der Waals surface area contributed by atoms with Crippen LogP contribution in [-0.2, 0) is 19.3 Å². The van der Waals surface area contributed by atoms with E-state index >= 15 is 0 Å². The number of hydrogen-bond donors (Lipinski definition) is 1. The zero-order valence-corrected chi connectivity index (χ0v) is 13.1. The lowest BCUT2D eigenvalue weighted by Gasteiger charge is -2.06. The van der Waals surface area contributed by atoms with E-state index < -0.39 is 0 Å². The number of nitrogen functional groups attached to an aromatic ring is 1. The van der Waals surface area contributed by atoms with Gasteiger partial charge in [0, 0.05) is 36.9 Å². The molecule has 0 atom stereocenters. The minimum atomic E-state index is 0.748. The Hall–Kier alpha value is -1.95. The molecule has 0 amide bonds. The molecule has 110 valence electrons. The van der Waals surface area contributed by atoms with Crippen molar-refractivity contribution < 1.29 is 0 Å². The lowest BCUT2D eigenvalue weighted by Crippen LogP contribution is -2.00. The van der Waals surface area contributed by atoms with Crippen molar-refractivity contribution in [2.75, 3.05) is 5.73 Å². The third-order valence-corrected chi connectivity index (χ3v) is 4.54. The largest absolute Gasteiger partial charge is 0.399 e. The molecule has 21 heavy (non-hydrogen) atoms. The molecule has 2 heterocycles. The van der Waals surface area contributed by atoms with E-state index in [4.69, 9.17) is 5.73 Å². The minimum Gasteiger partial charge on any atom is -0.399 e. The Labute approximate surface area is 128 Å². The molecule has 0 spiro atoms. The van der Waals surface area contributed by atoms with Crippen molar-refractivity contribution in [1.82, 2.24) is 19.1 Å². The molecule has 0 radical (unpaired) electrons. The van der Waals surface area contributed by atoms with E-state index in [1.165, 1.54) is 5.69 Å². The number of benzene rings is 1. The molecule has 6 heteroatoms. The molecule has 1 aromatic carbocycles. The Morgan fingerprint density at radius 2 is 2.19 bits per heavy atom. The summed E-state index contributed by atoms with van der Waals surface area (Å²) in [6.45, 7) is 3.18. The Morgan fingerprint density at radius 3 is 3.00 bits per heavy atom. The zero-order valence-electron chi connectivity index (χ0n) is 12.3. The second-order valence-corrected chi connectivity index (χ2v) is 6.01. The number of aromatic nitrogens is 4. The number of fused-ring (bicyclic) bond motifs is 1. The topological polar surface area (TPSA) is 61.7 Å². The van der Waals surface area contributed by atoms with Crippen LogP contribution in [0.5, 0.6) is 0 Å². The lowest BCUT2D eigenvalue weighted by atomic mass is 10.3. The number of rotatable bonds is 5. The van der Waals surface area contributed by atoms with Crippen LogP contribution in [0.3, 0.4) is 0 Å². The van der Waals surface area contributed by atoms with E-state index in [-0.39, 0.29) is 0 Å². The Morgan fingerprint density at radius 1 is 1.33 bits per heavy atom. The van der Waals surface area contributed by atoms with Crippen molar-refractivity contribution in [3.8, 4) is 0 Å². The predicted molar refractivity (Wildman–Crippen MR) is 87.2 cm³/mol. The fraction of sp³-hybridized carbons (Fsp3) is 0.333. The lowest BCUT2D eigenvalue weighted by molar-refractivity contribution is 0.659. The molecule has 0 aliphatic rings. The van der Waals surface area contributed by atoms with Gasteiger partial charge in [0.05, 0.1) is 17.4 Å². The standard InChI is InChI=1S/C15H19N5S/c1-3-6-20-10-17-8-12(20)9-21-15-18-13-7-11(16)4-5-14(13)19(15)2/h4-5,7-8,10H,3,6,9,16H2,1-2H3. The van der Waals surface area contributed by atoms with Crippen molar-refractivity contribution in [2.45, 2.75) is 30.8 Å². The molecule has 0 aliphatic heterocycles. The number of hydrogen-bond acceptors (Lipinski definition) is 4.